The van der Waals surface area contributed by atoms with Crippen molar-refractivity contribution in [3.8, 4) is 0 Å². The van der Waals surface area contributed by atoms with E-state index < -0.39 is 0 Å². The lowest BCUT2D eigenvalue weighted by molar-refractivity contribution is -0.926. The molecule has 1 saturated carbocycles. The van der Waals surface area contributed by atoms with Gasteiger partial charge in [0.1, 0.15) is 0 Å². The highest BCUT2D eigenvalue weighted by Gasteiger charge is 2.25. The summed E-state index contributed by atoms with van der Waals surface area (Å²) in [6, 6.07) is 1.56. The van der Waals surface area contributed by atoms with Crippen molar-refractivity contribution in [3.63, 3.8) is 0 Å². The Morgan fingerprint density at radius 1 is 0.947 bits per heavy atom. The Bertz CT molecular complexity index is 279. The molecule has 0 atom stereocenters. The third kappa shape index (κ3) is 4.68. The molecule has 1 saturated heterocycles. The van der Waals surface area contributed by atoms with Crippen LogP contribution >= 0.6 is 0 Å². The first-order valence-electron chi connectivity index (χ1n) is 8.06. The maximum Gasteiger partial charge on any atom is 0.315 e. The largest absolute Gasteiger partial charge is 0.335 e. The van der Waals surface area contributed by atoms with Gasteiger partial charge in [-0.3, -0.25) is 0 Å². The zero-order valence-corrected chi connectivity index (χ0v) is 12.5. The minimum absolute atomic E-state index is 0.0601. The Morgan fingerprint density at radius 2 is 1.47 bits per heavy atom. The van der Waals surface area contributed by atoms with Crippen LogP contribution in [0.5, 0.6) is 0 Å². The van der Waals surface area contributed by atoms with Crippen LogP contribution in [0.2, 0.25) is 0 Å². The summed E-state index contributed by atoms with van der Waals surface area (Å²) in [5, 5.41) is 6.31. The van der Waals surface area contributed by atoms with Gasteiger partial charge >= 0.3 is 6.03 Å². The third-order valence-electron chi connectivity index (χ3n) is 4.72. The number of hydrogen-bond donors (Lipinski definition) is 3. The van der Waals surface area contributed by atoms with Crippen molar-refractivity contribution >= 4 is 6.03 Å². The van der Waals surface area contributed by atoms with Crippen LogP contribution in [-0.4, -0.2) is 37.2 Å². The predicted molar refractivity (Wildman–Crippen MR) is 77.4 cm³/mol. The second-order valence-corrected chi connectivity index (χ2v) is 6.54. The zero-order chi connectivity index (χ0) is 13.7. The summed E-state index contributed by atoms with van der Waals surface area (Å²) in [5.41, 5.74) is 0. The van der Waals surface area contributed by atoms with Gasteiger partial charge in [-0.05, 0) is 26.7 Å². The van der Waals surface area contributed by atoms with Crippen LogP contribution in [0.25, 0.3) is 0 Å². The van der Waals surface area contributed by atoms with E-state index in [-0.39, 0.29) is 6.03 Å². The Balaban J connectivity index is 1.65. The molecule has 0 spiro atoms. The van der Waals surface area contributed by atoms with E-state index in [1.807, 2.05) is 0 Å². The molecule has 3 N–H and O–H groups in total. The molecule has 0 unspecified atom stereocenters. The van der Waals surface area contributed by atoms with Gasteiger partial charge in [0.15, 0.2) is 0 Å². The molecule has 1 heterocycles. The van der Waals surface area contributed by atoms with Gasteiger partial charge in [0, 0.05) is 24.9 Å². The predicted octanol–water partition coefficient (Wildman–Crippen LogP) is 1.07. The van der Waals surface area contributed by atoms with Crippen molar-refractivity contribution in [2.24, 2.45) is 0 Å². The number of hydrogen-bond acceptors (Lipinski definition) is 1. The maximum atomic E-state index is 12.0. The minimum Gasteiger partial charge on any atom is -0.335 e. The molecular weight excluding hydrogens is 238 g/mol. The molecule has 110 valence electrons. The smallest absolute Gasteiger partial charge is 0.315 e. The Morgan fingerprint density at radius 3 is 2.00 bits per heavy atom. The Kier molecular flexibility index (Phi) is 5.49. The molecular formula is C15H30N3O+. The summed E-state index contributed by atoms with van der Waals surface area (Å²) < 4.78 is 0. The van der Waals surface area contributed by atoms with Gasteiger partial charge in [-0.1, -0.05) is 19.3 Å². The van der Waals surface area contributed by atoms with Crippen molar-refractivity contribution in [2.75, 3.05) is 13.1 Å². The standard InChI is InChI=1S/C15H29N3O/c1-12(2)18-10-8-14(9-11-18)17-15(19)16-13-6-4-3-5-7-13/h12-14H,3-11H2,1-2H3,(H2,16,17,19)/p+1. The van der Waals surface area contributed by atoms with Crippen LogP contribution in [0.3, 0.4) is 0 Å². The molecule has 4 heteroatoms. The lowest BCUT2D eigenvalue weighted by Crippen LogP contribution is -3.16. The van der Waals surface area contributed by atoms with E-state index in [0.29, 0.717) is 18.1 Å². The number of rotatable bonds is 3. The SMILES string of the molecule is CC(C)[NH+]1CCC(NC(=O)NC2CCCCC2)CC1. The van der Waals surface area contributed by atoms with Crippen molar-refractivity contribution in [1.29, 1.82) is 0 Å². The first-order valence-corrected chi connectivity index (χ1v) is 8.06. The molecule has 0 bridgehead atoms. The number of likely N-dealkylation sites (tertiary alicyclic amines) is 1. The third-order valence-corrected chi connectivity index (χ3v) is 4.72. The number of nitrogens with one attached hydrogen (secondary N) is 3. The average molecular weight is 268 g/mol. The molecule has 1 aliphatic carbocycles. The Hall–Kier alpha value is -0.770. The van der Waals surface area contributed by atoms with Crippen LogP contribution in [0, 0.1) is 0 Å². The number of amides is 2. The summed E-state index contributed by atoms with van der Waals surface area (Å²) in [6.45, 7) is 6.93. The van der Waals surface area contributed by atoms with Crippen LogP contribution in [-0.2, 0) is 0 Å². The van der Waals surface area contributed by atoms with Gasteiger partial charge in [-0.2, -0.15) is 0 Å². The molecule has 2 fully saturated rings. The monoisotopic (exact) mass is 268 g/mol. The zero-order valence-electron chi connectivity index (χ0n) is 12.5. The van der Waals surface area contributed by atoms with Crippen molar-refractivity contribution in [3.05, 3.63) is 0 Å². The number of urea groups is 1. The molecule has 0 radical (unpaired) electrons. The summed E-state index contributed by atoms with van der Waals surface area (Å²) in [5.74, 6) is 0. The fraction of sp³-hybridized carbons (Fsp3) is 0.933. The molecule has 0 aromatic rings. The molecule has 2 amide bonds. The molecule has 2 rings (SSSR count). The first-order chi connectivity index (χ1) is 9.15. The van der Waals surface area contributed by atoms with Gasteiger partial charge in [0.25, 0.3) is 0 Å². The van der Waals surface area contributed by atoms with Crippen molar-refractivity contribution < 1.29 is 9.69 Å². The van der Waals surface area contributed by atoms with Gasteiger partial charge in [0.05, 0.1) is 19.1 Å². The maximum absolute atomic E-state index is 12.0. The fourth-order valence-corrected chi connectivity index (χ4v) is 3.37. The number of carbonyl (C=O) groups excluding carboxylic acids is 1. The van der Waals surface area contributed by atoms with E-state index in [2.05, 4.69) is 24.5 Å². The number of quaternary nitrogens is 1. The quantitative estimate of drug-likeness (QED) is 0.704. The van der Waals surface area contributed by atoms with Crippen LogP contribution in [0.1, 0.15) is 58.8 Å². The fourth-order valence-electron chi connectivity index (χ4n) is 3.37. The van der Waals surface area contributed by atoms with Crippen molar-refractivity contribution in [1.82, 2.24) is 10.6 Å². The normalized spacial score (nSPS) is 29.2. The van der Waals surface area contributed by atoms with Crippen molar-refractivity contribution in [2.45, 2.75) is 76.9 Å². The first kappa shape index (κ1) is 14.6. The van der Waals surface area contributed by atoms with Gasteiger partial charge < -0.3 is 15.5 Å². The van der Waals surface area contributed by atoms with Crippen LogP contribution in [0.4, 0.5) is 4.79 Å². The lowest BCUT2D eigenvalue weighted by Gasteiger charge is -2.32. The summed E-state index contributed by atoms with van der Waals surface area (Å²) in [6.07, 6.45) is 8.41. The highest BCUT2D eigenvalue weighted by atomic mass is 16.2. The van der Waals surface area contributed by atoms with E-state index in [0.717, 1.165) is 25.7 Å². The number of carbonyl (C=O) groups is 1. The van der Waals surface area contributed by atoms with E-state index in [1.165, 1.54) is 32.4 Å². The molecule has 0 aromatic carbocycles. The Labute approximate surface area is 117 Å². The molecule has 2 aliphatic rings. The second-order valence-electron chi connectivity index (χ2n) is 6.54. The van der Waals surface area contributed by atoms with E-state index >= 15 is 0 Å². The van der Waals surface area contributed by atoms with Gasteiger partial charge in [0.2, 0.25) is 0 Å². The second kappa shape index (κ2) is 7.13. The molecule has 1 aliphatic heterocycles. The minimum atomic E-state index is 0.0601. The topological polar surface area (TPSA) is 45.6 Å². The van der Waals surface area contributed by atoms with Crippen LogP contribution in [0.15, 0.2) is 0 Å². The lowest BCUT2D eigenvalue weighted by atomic mass is 9.96. The van der Waals surface area contributed by atoms with Gasteiger partial charge in [-0.25, -0.2) is 4.79 Å². The summed E-state index contributed by atoms with van der Waals surface area (Å²) in [7, 11) is 0. The molecule has 4 nitrogen and oxygen atoms in total. The highest BCUT2D eigenvalue weighted by molar-refractivity contribution is 5.74. The van der Waals surface area contributed by atoms with Crippen LogP contribution < -0.4 is 15.5 Å². The van der Waals surface area contributed by atoms with E-state index in [1.54, 1.807) is 4.90 Å². The van der Waals surface area contributed by atoms with Gasteiger partial charge in [-0.15, -0.1) is 0 Å². The average Bonchev–Trinajstić information content (AvgIpc) is 2.40. The number of piperidine rings is 1. The van der Waals surface area contributed by atoms with E-state index in [4.69, 9.17) is 0 Å². The highest BCUT2D eigenvalue weighted by Crippen LogP contribution is 2.17. The molecule has 0 aromatic heterocycles. The summed E-state index contributed by atoms with van der Waals surface area (Å²) >= 11 is 0. The molecule has 19 heavy (non-hydrogen) atoms. The van der Waals surface area contributed by atoms with E-state index in [9.17, 15) is 4.79 Å². The summed E-state index contributed by atoms with van der Waals surface area (Å²) in [4.78, 5) is 13.6.